The second-order valence-corrected chi connectivity index (χ2v) is 10.1. The van der Waals surface area contributed by atoms with E-state index in [1.54, 1.807) is 12.4 Å². The van der Waals surface area contributed by atoms with Crippen LogP contribution in [-0.4, -0.2) is 58.9 Å². The summed E-state index contributed by atoms with van der Waals surface area (Å²) in [6, 6.07) is 17.4. The minimum Gasteiger partial charge on any atom is -0.331 e. The molecule has 0 saturated carbocycles. The number of amides is 1. The van der Waals surface area contributed by atoms with Crippen molar-refractivity contribution in [2.75, 3.05) is 43.9 Å². The average molecular weight is 514 g/mol. The summed E-state index contributed by atoms with van der Waals surface area (Å²) in [7, 11) is 2.16. The van der Waals surface area contributed by atoms with Crippen molar-refractivity contribution in [3.63, 3.8) is 0 Å². The van der Waals surface area contributed by atoms with Crippen LogP contribution in [0.4, 0.5) is 16.5 Å². The number of thiazole rings is 1. The smallest absolute Gasteiger partial charge is 0.255 e. The van der Waals surface area contributed by atoms with Crippen molar-refractivity contribution >= 4 is 33.8 Å². The number of carbonyl (C=O) groups is 1. The van der Waals surface area contributed by atoms with Crippen LogP contribution in [0.5, 0.6) is 0 Å². The maximum Gasteiger partial charge on any atom is 0.255 e. The van der Waals surface area contributed by atoms with Crippen LogP contribution in [0.15, 0.2) is 72.4 Å². The maximum absolute atomic E-state index is 12.9. The van der Waals surface area contributed by atoms with Gasteiger partial charge in [-0.1, -0.05) is 18.2 Å². The molecule has 37 heavy (non-hydrogen) atoms. The van der Waals surface area contributed by atoms with E-state index in [-0.39, 0.29) is 5.91 Å². The van der Waals surface area contributed by atoms with E-state index >= 15 is 0 Å². The Labute approximate surface area is 221 Å². The fourth-order valence-electron chi connectivity index (χ4n) is 4.27. The lowest BCUT2D eigenvalue weighted by Gasteiger charge is -2.32. The number of pyridine rings is 1. The van der Waals surface area contributed by atoms with Crippen LogP contribution in [0.25, 0.3) is 11.3 Å². The van der Waals surface area contributed by atoms with Gasteiger partial charge in [-0.15, -0.1) is 11.3 Å². The van der Waals surface area contributed by atoms with Crippen LogP contribution < -0.4 is 16.4 Å². The van der Waals surface area contributed by atoms with Crippen LogP contribution in [-0.2, 0) is 13.1 Å². The van der Waals surface area contributed by atoms with Gasteiger partial charge in [-0.2, -0.15) is 0 Å². The van der Waals surface area contributed by atoms with Crippen molar-refractivity contribution in [3.05, 3.63) is 89.1 Å². The number of piperazine rings is 1. The molecular formula is C28H31N7OS. The standard InChI is InChI=1S/C28H31N7OS/c1-34-11-13-35(14-12-34)18-20-4-6-21(7-5-20)27(36)31-24-9-8-22(16-29)25(15-24)32-28-33-26(19-37-28)23-3-2-10-30-17-23/h2-10,15,17,19H,11-14,16,18,29H2,1H3,(H,31,36)(H,32,33). The number of benzene rings is 2. The quantitative estimate of drug-likeness (QED) is 0.321. The molecule has 1 amide bonds. The van der Waals surface area contributed by atoms with E-state index in [1.165, 1.54) is 16.9 Å². The summed E-state index contributed by atoms with van der Waals surface area (Å²) < 4.78 is 0. The molecule has 0 atom stereocenters. The van der Waals surface area contributed by atoms with E-state index in [0.29, 0.717) is 17.8 Å². The second-order valence-electron chi connectivity index (χ2n) is 9.21. The van der Waals surface area contributed by atoms with E-state index in [4.69, 9.17) is 5.73 Å². The second kappa shape index (κ2) is 11.6. The summed E-state index contributed by atoms with van der Waals surface area (Å²) in [5, 5.41) is 9.11. The topological polar surface area (TPSA) is 99.4 Å². The first kappa shape index (κ1) is 25.0. The molecule has 3 heterocycles. The number of rotatable bonds is 8. The Hall–Kier alpha value is -3.63. The van der Waals surface area contributed by atoms with Gasteiger partial charge in [0.05, 0.1) is 5.69 Å². The first-order valence-electron chi connectivity index (χ1n) is 12.3. The number of hydrogen-bond donors (Lipinski definition) is 3. The van der Waals surface area contributed by atoms with Crippen molar-refractivity contribution in [2.24, 2.45) is 5.73 Å². The predicted molar refractivity (Wildman–Crippen MR) is 150 cm³/mol. The van der Waals surface area contributed by atoms with E-state index in [1.807, 2.05) is 60.0 Å². The van der Waals surface area contributed by atoms with E-state index in [9.17, 15) is 4.79 Å². The molecule has 0 spiro atoms. The highest BCUT2D eigenvalue weighted by atomic mass is 32.1. The first-order valence-corrected chi connectivity index (χ1v) is 13.2. The zero-order valence-electron chi connectivity index (χ0n) is 20.9. The molecule has 1 aliphatic heterocycles. The highest BCUT2D eigenvalue weighted by Gasteiger charge is 2.15. The lowest BCUT2D eigenvalue weighted by Crippen LogP contribution is -2.43. The summed E-state index contributed by atoms with van der Waals surface area (Å²) >= 11 is 1.50. The Morgan fingerprint density at radius 2 is 1.89 bits per heavy atom. The number of aromatic nitrogens is 2. The van der Waals surface area contributed by atoms with Crippen LogP contribution in [0, 0.1) is 0 Å². The summed E-state index contributed by atoms with van der Waals surface area (Å²) in [4.78, 5) is 26.6. The lowest BCUT2D eigenvalue weighted by molar-refractivity contribution is 0.102. The maximum atomic E-state index is 12.9. The predicted octanol–water partition coefficient (Wildman–Crippen LogP) is 4.41. The molecule has 9 heteroatoms. The molecule has 1 aliphatic rings. The summed E-state index contributed by atoms with van der Waals surface area (Å²) in [6.45, 7) is 5.60. The van der Waals surface area contributed by atoms with Gasteiger partial charge in [0, 0.05) is 79.5 Å². The number of anilines is 3. The lowest BCUT2D eigenvalue weighted by atomic mass is 10.1. The Bertz CT molecular complexity index is 1330. The van der Waals surface area contributed by atoms with E-state index in [0.717, 1.165) is 60.4 Å². The Kier molecular flexibility index (Phi) is 7.86. The molecule has 1 fully saturated rings. The third kappa shape index (κ3) is 6.39. The van der Waals surface area contributed by atoms with Gasteiger partial charge < -0.3 is 21.3 Å². The molecule has 0 radical (unpaired) electrons. The number of likely N-dealkylation sites (N-methyl/N-ethyl adjacent to an activating group) is 1. The zero-order chi connectivity index (χ0) is 25.6. The molecule has 0 bridgehead atoms. The van der Waals surface area contributed by atoms with Crippen LogP contribution in [0.2, 0.25) is 0 Å². The van der Waals surface area contributed by atoms with Crippen LogP contribution >= 0.6 is 11.3 Å². The van der Waals surface area contributed by atoms with Gasteiger partial charge in [-0.25, -0.2) is 4.98 Å². The zero-order valence-corrected chi connectivity index (χ0v) is 21.7. The molecule has 4 aromatic rings. The van der Waals surface area contributed by atoms with Crippen molar-refractivity contribution in [2.45, 2.75) is 13.1 Å². The Morgan fingerprint density at radius 1 is 1.08 bits per heavy atom. The first-order chi connectivity index (χ1) is 18.1. The highest BCUT2D eigenvalue weighted by Crippen LogP contribution is 2.29. The number of nitrogens with one attached hydrogen (secondary N) is 2. The van der Waals surface area contributed by atoms with Gasteiger partial charge in [-0.05, 0) is 54.6 Å². The Balaban J connectivity index is 1.24. The van der Waals surface area contributed by atoms with Crippen molar-refractivity contribution in [1.29, 1.82) is 0 Å². The average Bonchev–Trinajstić information content (AvgIpc) is 3.40. The number of nitrogens with two attached hydrogens (primary N) is 1. The number of carbonyl (C=O) groups excluding carboxylic acids is 1. The van der Waals surface area contributed by atoms with E-state index in [2.05, 4.69) is 37.4 Å². The number of nitrogens with zero attached hydrogens (tertiary/aromatic N) is 4. The third-order valence-corrected chi connectivity index (χ3v) is 7.27. The Morgan fingerprint density at radius 3 is 2.62 bits per heavy atom. The minimum absolute atomic E-state index is 0.147. The molecular weight excluding hydrogens is 482 g/mol. The molecule has 8 nitrogen and oxygen atoms in total. The largest absolute Gasteiger partial charge is 0.331 e. The highest BCUT2D eigenvalue weighted by molar-refractivity contribution is 7.14. The van der Waals surface area contributed by atoms with Crippen molar-refractivity contribution < 1.29 is 4.79 Å². The van der Waals surface area contributed by atoms with Gasteiger partial charge in [0.25, 0.3) is 5.91 Å². The van der Waals surface area contributed by atoms with Gasteiger partial charge in [-0.3, -0.25) is 14.7 Å². The van der Waals surface area contributed by atoms with Gasteiger partial charge in [0.2, 0.25) is 0 Å². The molecule has 2 aromatic heterocycles. The van der Waals surface area contributed by atoms with Crippen LogP contribution in [0.1, 0.15) is 21.5 Å². The third-order valence-electron chi connectivity index (χ3n) is 6.51. The summed E-state index contributed by atoms with van der Waals surface area (Å²) in [6.07, 6.45) is 3.53. The van der Waals surface area contributed by atoms with Gasteiger partial charge >= 0.3 is 0 Å². The molecule has 0 aliphatic carbocycles. The molecule has 190 valence electrons. The minimum atomic E-state index is -0.147. The summed E-state index contributed by atoms with van der Waals surface area (Å²) in [5.74, 6) is -0.147. The fraction of sp³-hybridized carbons (Fsp3) is 0.250. The molecule has 0 unspecified atom stereocenters. The fourth-order valence-corrected chi connectivity index (χ4v) is 5.00. The van der Waals surface area contributed by atoms with Crippen molar-refractivity contribution in [3.8, 4) is 11.3 Å². The normalized spacial score (nSPS) is 14.4. The molecule has 1 saturated heterocycles. The SMILES string of the molecule is CN1CCN(Cc2ccc(C(=O)Nc3ccc(CN)c(Nc4nc(-c5cccnc5)cs4)c3)cc2)CC1. The molecule has 5 rings (SSSR count). The monoisotopic (exact) mass is 513 g/mol. The summed E-state index contributed by atoms with van der Waals surface area (Å²) in [5.41, 5.74) is 12.1. The van der Waals surface area contributed by atoms with Gasteiger partial charge in [0.1, 0.15) is 0 Å². The van der Waals surface area contributed by atoms with Crippen LogP contribution in [0.3, 0.4) is 0 Å². The molecule has 4 N–H and O–H groups in total. The number of hydrogen-bond acceptors (Lipinski definition) is 8. The molecule has 2 aromatic carbocycles. The van der Waals surface area contributed by atoms with Gasteiger partial charge in [0.15, 0.2) is 5.13 Å². The van der Waals surface area contributed by atoms with Crippen molar-refractivity contribution in [1.82, 2.24) is 19.8 Å². The van der Waals surface area contributed by atoms with E-state index < -0.39 is 0 Å².